The molecule has 3 N–H and O–H groups in total. The van der Waals surface area contributed by atoms with Crippen molar-refractivity contribution < 1.29 is 26.7 Å². The van der Waals surface area contributed by atoms with Crippen molar-refractivity contribution >= 4 is 29.2 Å². The summed E-state index contributed by atoms with van der Waals surface area (Å²) in [5.41, 5.74) is -0.124. The zero-order chi connectivity index (χ0) is 20.5. The number of carbonyl (C=O) groups excluding carboxylic acids is 1. The minimum absolute atomic E-state index is 0.319. The molecule has 0 aromatic heterocycles. The summed E-state index contributed by atoms with van der Waals surface area (Å²) >= 11 is 0.939. The molecule has 1 unspecified atom stereocenters. The molecule has 0 bridgehead atoms. The van der Waals surface area contributed by atoms with Crippen LogP contribution in [0.1, 0.15) is 12.8 Å². The molecular formula is C18H16F5N3OS. The van der Waals surface area contributed by atoms with Crippen LogP contribution in [0, 0.1) is 17.5 Å². The number of carbonyl (C=O) groups is 1. The van der Waals surface area contributed by atoms with Crippen molar-refractivity contribution in [2.24, 2.45) is 5.14 Å². The molecule has 0 radical (unpaired) electrons. The second kappa shape index (κ2) is 7.96. The van der Waals surface area contributed by atoms with Gasteiger partial charge >= 0.3 is 0 Å². The smallest absolute Gasteiger partial charge is 0.252 e. The topological polar surface area (TPSA) is 58.4 Å². The number of hydrogen-bond acceptors (Lipinski definition) is 4. The number of alkyl halides is 2. The number of benzene rings is 2. The van der Waals surface area contributed by atoms with Crippen molar-refractivity contribution in [3.05, 3.63) is 53.8 Å². The lowest BCUT2D eigenvalue weighted by atomic mass is 9.96. The van der Waals surface area contributed by atoms with Gasteiger partial charge in [0.1, 0.15) is 6.04 Å². The lowest BCUT2D eigenvalue weighted by molar-refractivity contribution is -0.121. The fraction of sp³-hybridized carbons (Fsp3) is 0.278. The van der Waals surface area contributed by atoms with Crippen LogP contribution in [0.4, 0.5) is 33.3 Å². The largest absolute Gasteiger partial charge is 0.357 e. The number of amides is 1. The fourth-order valence-electron chi connectivity index (χ4n) is 3.07. The van der Waals surface area contributed by atoms with Gasteiger partial charge in [-0.2, -0.15) is 0 Å². The third-order valence-electron chi connectivity index (χ3n) is 4.45. The van der Waals surface area contributed by atoms with E-state index < -0.39 is 60.4 Å². The van der Waals surface area contributed by atoms with Crippen LogP contribution in [0.15, 0.2) is 41.3 Å². The lowest BCUT2D eigenvalue weighted by Gasteiger charge is -2.40. The van der Waals surface area contributed by atoms with Gasteiger partial charge in [-0.3, -0.25) is 9.93 Å². The highest BCUT2D eigenvalue weighted by molar-refractivity contribution is 7.97. The maximum absolute atomic E-state index is 14.2. The molecule has 150 valence electrons. The molecule has 28 heavy (non-hydrogen) atoms. The van der Waals surface area contributed by atoms with Gasteiger partial charge in [0, 0.05) is 30.0 Å². The van der Waals surface area contributed by atoms with E-state index in [1.54, 1.807) is 24.3 Å². The second-order valence-corrected chi connectivity index (χ2v) is 7.06. The third-order valence-corrected chi connectivity index (χ3v) is 4.98. The molecule has 1 amide bonds. The number of nitrogens with zero attached hydrogens (tertiary/aromatic N) is 1. The Morgan fingerprint density at radius 1 is 1.18 bits per heavy atom. The SMILES string of the molecule is NSc1cccc(NC(=O)C2CC(F)(F)CCN2c2ccc(F)c(F)c2F)c1. The van der Waals surface area contributed by atoms with E-state index in [0.717, 1.165) is 22.9 Å². The monoisotopic (exact) mass is 417 g/mol. The lowest BCUT2D eigenvalue weighted by Crippen LogP contribution is -2.53. The molecule has 1 fully saturated rings. The first-order chi connectivity index (χ1) is 13.2. The number of piperidine rings is 1. The number of anilines is 2. The quantitative estimate of drug-likeness (QED) is 0.442. The Balaban J connectivity index is 1.91. The summed E-state index contributed by atoms with van der Waals surface area (Å²) in [5.74, 6) is -8.61. The predicted octanol–water partition coefficient (Wildman–Crippen LogP) is 4.31. The first-order valence-corrected chi connectivity index (χ1v) is 9.15. The average molecular weight is 417 g/mol. The highest BCUT2D eigenvalue weighted by Crippen LogP contribution is 2.37. The first-order valence-electron chi connectivity index (χ1n) is 8.27. The van der Waals surface area contributed by atoms with Crippen molar-refractivity contribution in [2.45, 2.75) is 29.7 Å². The zero-order valence-electron chi connectivity index (χ0n) is 14.4. The molecule has 2 aromatic rings. The number of halogens is 5. The van der Waals surface area contributed by atoms with E-state index in [9.17, 15) is 26.7 Å². The second-order valence-electron chi connectivity index (χ2n) is 6.35. The summed E-state index contributed by atoms with van der Waals surface area (Å²) in [7, 11) is 0. The summed E-state index contributed by atoms with van der Waals surface area (Å²) in [6, 6.07) is 6.55. The highest BCUT2D eigenvalue weighted by Gasteiger charge is 2.44. The summed E-state index contributed by atoms with van der Waals surface area (Å²) < 4.78 is 68.9. The van der Waals surface area contributed by atoms with E-state index in [1.807, 2.05) is 0 Å². The van der Waals surface area contributed by atoms with Gasteiger partial charge in [-0.15, -0.1) is 0 Å². The van der Waals surface area contributed by atoms with Gasteiger partial charge in [0.05, 0.1) is 5.69 Å². The van der Waals surface area contributed by atoms with Crippen molar-refractivity contribution in [1.29, 1.82) is 0 Å². The van der Waals surface area contributed by atoms with Gasteiger partial charge in [0.25, 0.3) is 5.92 Å². The number of nitrogens with one attached hydrogen (secondary N) is 1. The van der Waals surface area contributed by atoms with Crippen molar-refractivity contribution in [3.63, 3.8) is 0 Å². The van der Waals surface area contributed by atoms with Crippen LogP contribution in [-0.2, 0) is 4.79 Å². The van der Waals surface area contributed by atoms with E-state index in [-0.39, 0.29) is 0 Å². The Bertz CT molecular complexity index is 896. The molecule has 0 spiro atoms. The van der Waals surface area contributed by atoms with Crippen molar-refractivity contribution in [2.75, 3.05) is 16.8 Å². The molecule has 2 aromatic carbocycles. The zero-order valence-corrected chi connectivity index (χ0v) is 15.2. The highest BCUT2D eigenvalue weighted by atomic mass is 32.2. The molecule has 3 rings (SSSR count). The van der Waals surface area contributed by atoms with Crippen LogP contribution in [0.5, 0.6) is 0 Å². The number of hydrogen-bond donors (Lipinski definition) is 2. The minimum Gasteiger partial charge on any atom is -0.357 e. The molecule has 4 nitrogen and oxygen atoms in total. The first kappa shape index (κ1) is 20.4. The van der Waals surface area contributed by atoms with Crippen LogP contribution in [0.3, 0.4) is 0 Å². The summed E-state index contributed by atoms with van der Waals surface area (Å²) in [5, 5.41) is 7.95. The molecule has 0 aliphatic carbocycles. The Labute approximate surface area is 162 Å². The summed E-state index contributed by atoms with van der Waals surface area (Å²) in [6.45, 7) is -0.397. The van der Waals surface area contributed by atoms with Crippen LogP contribution < -0.4 is 15.4 Å². The van der Waals surface area contributed by atoms with Crippen molar-refractivity contribution in [3.8, 4) is 0 Å². The molecule has 1 heterocycles. The molecular weight excluding hydrogens is 401 g/mol. The molecule has 0 saturated carbocycles. The molecule has 1 atom stereocenters. The van der Waals surface area contributed by atoms with Gasteiger partial charge in [-0.1, -0.05) is 6.07 Å². The molecule has 1 aliphatic rings. The molecule has 10 heteroatoms. The van der Waals surface area contributed by atoms with Gasteiger partial charge in [0.15, 0.2) is 17.5 Å². The molecule has 1 aliphatic heterocycles. The van der Waals surface area contributed by atoms with E-state index in [4.69, 9.17) is 5.14 Å². The normalized spacial score (nSPS) is 18.8. The Hall–Kier alpha value is -2.33. The van der Waals surface area contributed by atoms with Crippen LogP contribution in [0.2, 0.25) is 0 Å². The Kier molecular flexibility index (Phi) is 5.80. The average Bonchev–Trinajstić information content (AvgIpc) is 2.66. The van der Waals surface area contributed by atoms with Gasteiger partial charge in [-0.25, -0.2) is 22.0 Å². The van der Waals surface area contributed by atoms with E-state index in [0.29, 0.717) is 16.6 Å². The minimum atomic E-state index is -3.15. The molecule has 1 saturated heterocycles. The van der Waals surface area contributed by atoms with Gasteiger partial charge in [-0.05, 0) is 42.3 Å². The van der Waals surface area contributed by atoms with E-state index in [2.05, 4.69) is 5.32 Å². The Morgan fingerprint density at radius 2 is 1.93 bits per heavy atom. The van der Waals surface area contributed by atoms with Gasteiger partial charge in [0.2, 0.25) is 5.91 Å². The van der Waals surface area contributed by atoms with E-state index in [1.165, 1.54) is 0 Å². The maximum Gasteiger partial charge on any atom is 0.252 e. The summed E-state index contributed by atoms with van der Waals surface area (Å²) in [6.07, 6.45) is -1.53. The van der Waals surface area contributed by atoms with E-state index >= 15 is 0 Å². The van der Waals surface area contributed by atoms with Crippen LogP contribution in [-0.4, -0.2) is 24.4 Å². The number of nitrogens with two attached hydrogens (primary N) is 1. The third kappa shape index (κ3) is 4.22. The Morgan fingerprint density at radius 3 is 2.64 bits per heavy atom. The maximum atomic E-state index is 14.2. The van der Waals surface area contributed by atoms with Crippen LogP contribution >= 0.6 is 11.9 Å². The standard InChI is InChI=1S/C18H16F5N3OS/c19-12-4-5-13(16(21)15(12)20)26-7-6-18(22,23)9-14(26)17(27)25-10-2-1-3-11(8-10)28-24/h1-5,8,14H,6-7,9,24H2,(H,25,27). The van der Waals surface area contributed by atoms with Crippen LogP contribution in [0.25, 0.3) is 0 Å². The number of rotatable bonds is 4. The summed E-state index contributed by atoms with van der Waals surface area (Å²) in [4.78, 5) is 14.4. The predicted molar refractivity (Wildman–Crippen MR) is 96.7 cm³/mol. The fourth-order valence-corrected chi connectivity index (χ4v) is 3.42. The van der Waals surface area contributed by atoms with Gasteiger partial charge < -0.3 is 10.2 Å². The van der Waals surface area contributed by atoms with Crippen molar-refractivity contribution in [1.82, 2.24) is 0 Å².